The highest BCUT2D eigenvalue weighted by Crippen LogP contribution is 2.40. The first-order valence-corrected chi connectivity index (χ1v) is 14.3. The van der Waals surface area contributed by atoms with E-state index in [1.807, 2.05) is 0 Å². The summed E-state index contributed by atoms with van der Waals surface area (Å²) in [6.07, 6.45) is -0.0438. The number of alkyl halides is 3. The monoisotopic (exact) mass is 580 g/mol. The molecule has 42 heavy (non-hydrogen) atoms. The van der Waals surface area contributed by atoms with Crippen LogP contribution in [0, 0.1) is 5.95 Å². The van der Waals surface area contributed by atoms with E-state index >= 15 is 4.39 Å². The lowest BCUT2D eigenvalue weighted by molar-refractivity contribution is -0.122. The molecular formula is C32H32F4N4O2. The highest BCUT2D eigenvalue weighted by molar-refractivity contribution is 6.00. The second kappa shape index (κ2) is 12.2. The summed E-state index contributed by atoms with van der Waals surface area (Å²) in [5.74, 6) is -0.292. The molecule has 0 bridgehead atoms. The number of pyridine rings is 1. The number of hydrogen-bond donors (Lipinski definition) is 1. The second-order valence-corrected chi connectivity index (χ2v) is 10.8. The van der Waals surface area contributed by atoms with Crippen LogP contribution in [0.25, 0.3) is 22.0 Å². The molecular weight excluding hydrogens is 548 g/mol. The van der Waals surface area contributed by atoms with E-state index in [1.54, 1.807) is 65.3 Å². The van der Waals surface area contributed by atoms with Crippen LogP contribution in [0.4, 0.5) is 17.6 Å². The Bertz CT molecular complexity index is 1540. The van der Waals surface area contributed by atoms with Crippen molar-refractivity contribution in [1.29, 1.82) is 0 Å². The molecule has 220 valence electrons. The molecule has 2 aromatic carbocycles. The van der Waals surface area contributed by atoms with Gasteiger partial charge in [0.05, 0.1) is 17.3 Å². The minimum atomic E-state index is -4.49. The van der Waals surface area contributed by atoms with Gasteiger partial charge in [-0.15, -0.1) is 5.10 Å². The van der Waals surface area contributed by atoms with Gasteiger partial charge in [0.1, 0.15) is 6.10 Å². The summed E-state index contributed by atoms with van der Waals surface area (Å²) in [6.45, 7) is 2.23. The van der Waals surface area contributed by atoms with Gasteiger partial charge in [-0.2, -0.15) is 17.6 Å². The van der Waals surface area contributed by atoms with E-state index in [4.69, 9.17) is 9.47 Å². The number of halogens is 4. The minimum Gasteiger partial charge on any atom is -0.473 e. The number of fused-ring (bicyclic) bond motifs is 1. The van der Waals surface area contributed by atoms with Gasteiger partial charge in [-0.1, -0.05) is 36.4 Å². The molecule has 0 aliphatic carbocycles. The summed E-state index contributed by atoms with van der Waals surface area (Å²) in [4.78, 5) is 4.46. The third kappa shape index (κ3) is 6.34. The van der Waals surface area contributed by atoms with Crippen molar-refractivity contribution < 1.29 is 27.0 Å². The van der Waals surface area contributed by atoms with Gasteiger partial charge in [-0.25, -0.2) is 9.67 Å². The van der Waals surface area contributed by atoms with Gasteiger partial charge in [0.25, 0.3) is 0 Å². The van der Waals surface area contributed by atoms with Crippen molar-refractivity contribution in [3.63, 3.8) is 0 Å². The first kappa shape index (κ1) is 28.4. The number of nitrogens with one attached hydrogen (secondary N) is 1. The normalized spacial score (nSPS) is 20.4. The zero-order valence-electron chi connectivity index (χ0n) is 23.0. The van der Waals surface area contributed by atoms with Crippen LogP contribution >= 0.6 is 0 Å². The molecule has 2 aromatic heterocycles. The van der Waals surface area contributed by atoms with E-state index in [9.17, 15) is 13.2 Å². The predicted molar refractivity (Wildman–Crippen MR) is 152 cm³/mol. The number of nitrogens with zero attached hydrogens (tertiary/aromatic N) is 3. The predicted octanol–water partition coefficient (Wildman–Crippen LogP) is 7.31. The second-order valence-electron chi connectivity index (χ2n) is 10.8. The van der Waals surface area contributed by atoms with Crippen LogP contribution in [0.15, 0.2) is 66.9 Å². The molecule has 2 fully saturated rings. The number of ether oxygens (including phenoxy) is 2. The summed E-state index contributed by atoms with van der Waals surface area (Å²) in [6, 6.07) is 16.9. The van der Waals surface area contributed by atoms with Gasteiger partial charge in [-0.3, -0.25) is 0 Å². The van der Waals surface area contributed by atoms with Crippen LogP contribution in [0.5, 0.6) is 5.88 Å². The number of allylic oxidation sites excluding steroid dienone is 1. The molecule has 2 unspecified atom stereocenters. The molecule has 0 saturated carbocycles. The smallest absolute Gasteiger partial charge is 0.393 e. The maximum atomic E-state index is 15.3. The van der Waals surface area contributed by atoms with Gasteiger partial charge < -0.3 is 14.8 Å². The molecule has 1 N–H and O–H groups in total. The summed E-state index contributed by atoms with van der Waals surface area (Å²) in [7, 11) is 0. The van der Waals surface area contributed by atoms with Crippen LogP contribution < -0.4 is 10.1 Å². The summed E-state index contributed by atoms with van der Waals surface area (Å²) in [5, 5.41) is 7.62. The largest absolute Gasteiger partial charge is 0.473 e. The van der Waals surface area contributed by atoms with Crippen LogP contribution in [0.2, 0.25) is 0 Å². The molecule has 4 aromatic rings. The summed E-state index contributed by atoms with van der Waals surface area (Å²) < 4.78 is 70.9. The number of benzene rings is 2. The average Bonchev–Trinajstić information content (AvgIpc) is 3.34. The fourth-order valence-electron chi connectivity index (χ4n) is 5.77. The fraction of sp³-hybridized carbons (Fsp3) is 0.375. The Morgan fingerprint density at radius 3 is 2.50 bits per heavy atom. The molecule has 2 saturated heterocycles. The highest BCUT2D eigenvalue weighted by Gasteiger charge is 2.32. The van der Waals surface area contributed by atoms with Crippen molar-refractivity contribution in [3.05, 3.63) is 89.5 Å². The Morgan fingerprint density at radius 2 is 1.81 bits per heavy atom. The molecule has 10 heteroatoms. The molecule has 6 rings (SSSR count). The molecule has 0 spiro atoms. The number of aromatic nitrogens is 3. The quantitative estimate of drug-likeness (QED) is 0.184. The fourth-order valence-corrected chi connectivity index (χ4v) is 5.77. The van der Waals surface area contributed by atoms with E-state index in [0.29, 0.717) is 53.2 Å². The Hall–Kier alpha value is -3.76. The van der Waals surface area contributed by atoms with E-state index in [-0.39, 0.29) is 23.3 Å². The van der Waals surface area contributed by atoms with Crippen molar-refractivity contribution in [2.75, 3.05) is 19.7 Å². The Kier molecular flexibility index (Phi) is 8.26. The van der Waals surface area contributed by atoms with Gasteiger partial charge in [-0.05, 0) is 79.1 Å². The average molecular weight is 581 g/mol. The van der Waals surface area contributed by atoms with E-state index in [0.717, 1.165) is 32.2 Å². The molecule has 0 amide bonds. The minimum absolute atomic E-state index is 0.0210. The molecule has 6 nitrogen and oxygen atoms in total. The Balaban J connectivity index is 1.47. The Labute approximate surface area is 241 Å². The van der Waals surface area contributed by atoms with Crippen molar-refractivity contribution in [3.8, 4) is 5.88 Å². The van der Waals surface area contributed by atoms with Gasteiger partial charge >= 0.3 is 6.18 Å². The van der Waals surface area contributed by atoms with Gasteiger partial charge in [0, 0.05) is 31.0 Å². The number of piperidine rings is 1. The SMILES string of the molecule is Fc1nn(C2CCCCO2)c2ccc(/C(=C(\CC(F)(F)F)c3ccccc3)c3ccc(OC4CCCNC4)nc3)cc12. The van der Waals surface area contributed by atoms with Crippen molar-refractivity contribution in [2.24, 2.45) is 0 Å². The van der Waals surface area contributed by atoms with Gasteiger partial charge in [0.15, 0.2) is 6.23 Å². The van der Waals surface area contributed by atoms with E-state index < -0.39 is 18.5 Å². The first-order valence-electron chi connectivity index (χ1n) is 14.3. The van der Waals surface area contributed by atoms with Crippen molar-refractivity contribution in [1.82, 2.24) is 20.1 Å². The van der Waals surface area contributed by atoms with Gasteiger partial charge in [0.2, 0.25) is 11.8 Å². The van der Waals surface area contributed by atoms with Crippen LogP contribution in [0.3, 0.4) is 0 Å². The maximum absolute atomic E-state index is 15.3. The van der Waals surface area contributed by atoms with Crippen LogP contribution in [-0.2, 0) is 4.74 Å². The number of rotatable bonds is 7. The first-order chi connectivity index (χ1) is 20.4. The Morgan fingerprint density at radius 1 is 0.976 bits per heavy atom. The number of hydrogen-bond acceptors (Lipinski definition) is 5. The van der Waals surface area contributed by atoms with Crippen LogP contribution in [-0.4, -0.2) is 46.7 Å². The maximum Gasteiger partial charge on any atom is 0.393 e. The van der Waals surface area contributed by atoms with Crippen molar-refractivity contribution >= 4 is 22.0 Å². The third-order valence-electron chi connectivity index (χ3n) is 7.74. The van der Waals surface area contributed by atoms with E-state index in [1.165, 1.54) is 6.20 Å². The van der Waals surface area contributed by atoms with E-state index in [2.05, 4.69) is 15.4 Å². The topological polar surface area (TPSA) is 61.2 Å². The standard InChI is InChI=1S/C32H32F4N4O2/c33-31-25-17-22(11-13-27(25)40(39-31)29-10-4-5-16-41-29)30(26(18-32(34,35)36)21-7-2-1-3-8-21)23-12-14-28(38-19-23)42-24-9-6-15-37-20-24/h1-3,7-8,11-14,17,19,24,29,37H,4-6,9-10,15-16,18,20H2/b30-26-. The molecule has 2 atom stereocenters. The lowest BCUT2D eigenvalue weighted by atomic mass is 9.88. The summed E-state index contributed by atoms with van der Waals surface area (Å²) >= 11 is 0. The van der Waals surface area contributed by atoms with Crippen molar-refractivity contribution in [2.45, 2.75) is 57.0 Å². The molecule has 2 aliphatic rings. The lowest BCUT2D eigenvalue weighted by Gasteiger charge is -2.24. The third-order valence-corrected chi connectivity index (χ3v) is 7.74. The molecule has 4 heterocycles. The van der Waals surface area contributed by atoms with Crippen LogP contribution in [0.1, 0.15) is 61.4 Å². The zero-order chi connectivity index (χ0) is 29.1. The zero-order valence-corrected chi connectivity index (χ0v) is 23.0. The summed E-state index contributed by atoms with van der Waals surface area (Å²) in [5.41, 5.74) is 2.24. The highest BCUT2D eigenvalue weighted by atomic mass is 19.4. The molecule has 0 radical (unpaired) electrons. The lowest BCUT2D eigenvalue weighted by Crippen LogP contribution is -2.37. The molecule has 2 aliphatic heterocycles.